The molecule has 3 rings (SSSR count). The summed E-state index contributed by atoms with van der Waals surface area (Å²) in [7, 11) is 0. The summed E-state index contributed by atoms with van der Waals surface area (Å²) in [5.74, 6) is 0. The third-order valence-electron chi connectivity index (χ3n) is 4.36. The largest absolute Gasteiger partial charge is 0.303 e. The normalized spacial score (nSPS) is 17.4. The molecule has 114 valence electrons. The van der Waals surface area contributed by atoms with Gasteiger partial charge >= 0.3 is 0 Å². The van der Waals surface area contributed by atoms with Gasteiger partial charge in [0.15, 0.2) is 0 Å². The van der Waals surface area contributed by atoms with E-state index in [1.54, 1.807) is 0 Å². The van der Waals surface area contributed by atoms with Crippen molar-refractivity contribution in [1.82, 2.24) is 15.1 Å². The maximum atomic E-state index is 4.76. The zero-order chi connectivity index (χ0) is 14.5. The third-order valence-corrected chi connectivity index (χ3v) is 5.34. The number of nitrogens with zero attached hydrogens (tertiary/aromatic N) is 2. The fourth-order valence-electron chi connectivity index (χ4n) is 3.19. The Bertz CT molecular complexity index is 526. The lowest BCUT2D eigenvalue weighted by atomic mass is 10.1. The summed E-state index contributed by atoms with van der Waals surface area (Å²) in [4.78, 5) is 1.44. The Balaban J connectivity index is 1.58. The van der Waals surface area contributed by atoms with Crippen molar-refractivity contribution in [2.24, 2.45) is 0 Å². The Morgan fingerprint density at radius 3 is 2.95 bits per heavy atom. The van der Waals surface area contributed by atoms with Gasteiger partial charge in [0.25, 0.3) is 0 Å². The van der Waals surface area contributed by atoms with Crippen LogP contribution in [0.4, 0.5) is 0 Å². The van der Waals surface area contributed by atoms with Crippen molar-refractivity contribution in [3.8, 4) is 0 Å². The van der Waals surface area contributed by atoms with Gasteiger partial charge in [-0.1, -0.05) is 32.3 Å². The molecular formula is C17H25N3S. The molecule has 1 aliphatic rings. The van der Waals surface area contributed by atoms with E-state index < -0.39 is 0 Å². The van der Waals surface area contributed by atoms with Gasteiger partial charge in [-0.15, -0.1) is 11.3 Å². The fraction of sp³-hybridized carbons (Fsp3) is 0.588. The molecule has 0 saturated heterocycles. The van der Waals surface area contributed by atoms with Gasteiger partial charge in [0.05, 0.1) is 11.7 Å². The highest BCUT2D eigenvalue weighted by molar-refractivity contribution is 7.10. The number of aromatic nitrogens is 2. The topological polar surface area (TPSA) is 29.9 Å². The summed E-state index contributed by atoms with van der Waals surface area (Å²) in [6.45, 7) is 3.11. The molecule has 1 N–H and O–H groups in total. The van der Waals surface area contributed by atoms with Crippen LogP contribution >= 0.6 is 11.3 Å². The van der Waals surface area contributed by atoms with E-state index in [1.165, 1.54) is 49.1 Å². The first kappa shape index (κ1) is 14.8. The predicted molar refractivity (Wildman–Crippen MR) is 88.5 cm³/mol. The molecule has 0 bridgehead atoms. The van der Waals surface area contributed by atoms with Crippen LogP contribution in [0.15, 0.2) is 29.8 Å². The highest BCUT2D eigenvalue weighted by Crippen LogP contribution is 2.29. The molecule has 0 amide bonds. The van der Waals surface area contributed by atoms with Crippen molar-refractivity contribution < 1.29 is 0 Å². The maximum absolute atomic E-state index is 4.76. The number of hydrogen-bond acceptors (Lipinski definition) is 3. The minimum absolute atomic E-state index is 0.464. The number of nitrogens with one attached hydrogen (secondary N) is 1. The summed E-state index contributed by atoms with van der Waals surface area (Å²) >= 11 is 1.84. The summed E-state index contributed by atoms with van der Waals surface area (Å²) in [6, 6.07) is 7.64. The SMILES string of the molecule is CCCC(NCc1ccn(C2CCCC2)n1)c1cccs1. The Labute approximate surface area is 131 Å². The lowest BCUT2D eigenvalue weighted by Gasteiger charge is -2.16. The highest BCUT2D eigenvalue weighted by atomic mass is 32.1. The molecule has 0 radical (unpaired) electrons. The van der Waals surface area contributed by atoms with Gasteiger partial charge in [0.2, 0.25) is 0 Å². The monoisotopic (exact) mass is 303 g/mol. The number of rotatable bonds is 7. The molecule has 0 spiro atoms. The highest BCUT2D eigenvalue weighted by Gasteiger charge is 2.18. The zero-order valence-electron chi connectivity index (χ0n) is 12.8. The van der Waals surface area contributed by atoms with E-state index in [9.17, 15) is 0 Å². The van der Waals surface area contributed by atoms with Gasteiger partial charge in [-0.2, -0.15) is 5.10 Å². The quantitative estimate of drug-likeness (QED) is 0.804. The van der Waals surface area contributed by atoms with Crippen LogP contribution in [-0.2, 0) is 6.54 Å². The summed E-state index contributed by atoms with van der Waals surface area (Å²) in [5.41, 5.74) is 1.17. The number of thiophene rings is 1. The lowest BCUT2D eigenvalue weighted by Crippen LogP contribution is -2.20. The van der Waals surface area contributed by atoms with Crippen LogP contribution in [0.3, 0.4) is 0 Å². The molecule has 2 heterocycles. The van der Waals surface area contributed by atoms with Gasteiger partial charge in [-0.25, -0.2) is 0 Å². The molecular weight excluding hydrogens is 278 g/mol. The average Bonchev–Trinajstić information content (AvgIpc) is 3.25. The molecule has 4 heteroatoms. The molecule has 21 heavy (non-hydrogen) atoms. The summed E-state index contributed by atoms with van der Waals surface area (Å²) in [5, 5.41) is 10.6. The first-order valence-electron chi connectivity index (χ1n) is 8.17. The molecule has 3 nitrogen and oxygen atoms in total. The smallest absolute Gasteiger partial charge is 0.0762 e. The van der Waals surface area contributed by atoms with E-state index in [-0.39, 0.29) is 0 Å². The van der Waals surface area contributed by atoms with Crippen LogP contribution in [0.1, 0.15) is 68.1 Å². The van der Waals surface area contributed by atoms with Gasteiger partial charge in [-0.05, 0) is 36.8 Å². The minimum atomic E-state index is 0.464. The van der Waals surface area contributed by atoms with Gasteiger partial charge < -0.3 is 5.32 Å². The Morgan fingerprint density at radius 1 is 1.38 bits per heavy atom. The van der Waals surface area contributed by atoms with Crippen LogP contribution in [0.2, 0.25) is 0 Å². The number of hydrogen-bond donors (Lipinski definition) is 1. The van der Waals surface area contributed by atoms with Crippen molar-refractivity contribution in [2.45, 2.75) is 64.1 Å². The summed E-state index contributed by atoms with van der Waals surface area (Å²) < 4.78 is 2.18. The summed E-state index contributed by atoms with van der Waals surface area (Å²) in [6.07, 6.45) is 9.84. The average molecular weight is 303 g/mol. The van der Waals surface area contributed by atoms with E-state index in [1.807, 2.05) is 11.3 Å². The minimum Gasteiger partial charge on any atom is -0.303 e. The Morgan fingerprint density at radius 2 is 2.24 bits per heavy atom. The third kappa shape index (κ3) is 3.74. The first-order valence-corrected chi connectivity index (χ1v) is 9.05. The second-order valence-corrected chi connectivity index (χ2v) is 6.94. The molecule has 1 aliphatic carbocycles. The molecule has 1 atom stereocenters. The molecule has 1 saturated carbocycles. The lowest BCUT2D eigenvalue weighted by molar-refractivity contribution is 0.452. The Kier molecular flexibility index (Phi) is 5.09. The predicted octanol–water partition coefficient (Wildman–Crippen LogP) is 4.69. The van der Waals surface area contributed by atoms with E-state index in [0.29, 0.717) is 12.1 Å². The Hall–Kier alpha value is -1.13. The van der Waals surface area contributed by atoms with E-state index in [2.05, 4.69) is 46.7 Å². The van der Waals surface area contributed by atoms with Crippen molar-refractivity contribution >= 4 is 11.3 Å². The van der Waals surface area contributed by atoms with Crippen LogP contribution in [-0.4, -0.2) is 9.78 Å². The second-order valence-electron chi connectivity index (χ2n) is 5.96. The van der Waals surface area contributed by atoms with E-state index in [4.69, 9.17) is 5.10 Å². The zero-order valence-corrected chi connectivity index (χ0v) is 13.6. The molecule has 1 unspecified atom stereocenters. The van der Waals surface area contributed by atoms with Gasteiger partial charge in [0.1, 0.15) is 0 Å². The first-order chi connectivity index (χ1) is 10.4. The van der Waals surface area contributed by atoms with Crippen molar-refractivity contribution in [1.29, 1.82) is 0 Å². The van der Waals surface area contributed by atoms with Crippen molar-refractivity contribution in [3.63, 3.8) is 0 Å². The molecule has 1 fully saturated rings. The van der Waals surface area contributed by atoms with Crippen LogP contribution in [0, 0.1) is 0 Å². The standard InChI is InChI=1S/C17H25N3S/c1-2-6-16(17-9-5-12-21-17)18-13-14-10-11-20(19-14)15-7-3-4-8-15/h5,9-12,15-16,18H,2-4,6-8,13H2,1H3. The van der Waals surface area contributed by atoms with Gasteiger partial charge in [-0.3, -0.25) is 4.68 Å². The van der Waals surface area contributed by atoms with Gasteiger partial charge in [0, 0.05) is 23.7 Å². The second kappa shape index (κ2) is 7.23. The van der Waals surface area contributed by atoms with E-state index >= 15 is 0 Å². The fourth-order valence-corrected chi connectivity index (χ4v) is 4.03. The molecule has 0 aliphatic heterocycles. The van der Waals surface area contributed by atoms with Crippen LogP contribution in [0.25, 0.3) is 0 Å². The van der Waals surface area contributed by atoms with Crippen molar-refractivity contribution in [3.05, 3.63) is 40.3 Å². The van der Waals surface area contributed by atoms with E-state index in [0.717, 1.165) is 6.54 Å². The van der Waals surface area contributed by atoms with Crippen LogP contribution in [0.5, 0.6) is 0 Å². The maximum Gasteiger partial charge on any atom is 0.0762 e. The molecule has 2 aromatic rings. The van der Waals surface area contributed by atoms with Crippen LogP contribution < -0.4 is 5.32 Å². The molecule has 0 aromatic carbocycles. The molecule has 2 aromatic heterocycles. The van der Waals surface area contributed by atoms with Crippen molar-refractivity contribution in [2.75, 3.05) is 0 Å².